The summed E-state index contributed by atoms with van der Waals surface area (Å²) in [6.07, 6.45) is 1.86. The fraction of sp³-hybridized carbons (Fsp3) is 0.0588. The molecule has 0 aliphatic carbocycles. The van der Waals surface area contributed by atoms with Crippen LogP contribution in [0, 0.1) is 0 Å². The van der Waals surface area contributed by atoms with Crippen molar-refractivity contribution < 1.29 is 0 Å². The highest BCUT2D eigenvalue weighted by atomic mass is 35.5. The van der Waals surface area contributed by atoms with Gasteiger partial charge in [0.25, 0.3) is 0 Å². The van der Waals surface area contributed by atoms with Crippen molar-refractivity contribution in [3.63, 3.8) is 0 Å². The minimum atomic E-state index is 0.704. The van der Waals surface area contributed by atoms with E-state index in [-0.39, 0.29) is 0 Å². The number of thioether (sulfide) groups is 1. The van der Waals surface area contributed by atoms with Gasteiger partial charge in [0.15, 0.2) is 11.0 Å². The Bertz CT molecular complexity index is 766. The number of hydrogen-bond donors (Lipinski definition) is 0. The monoisotopic (exact) mass is 327 g/mol. The van der Waals surface area contributed by atoms with Gasteiger partial charge in [-0.25, -0.2) is 0 Å². The molecule has 5 heteroatoms. The van der Waals surface area contributed by atoms with Crippen LogP contribution in [0.25, 0.3) is 17.1 Å². The molecule has 0 saturated carbocycles. The molecule has 0 bridgehead atoms. The molecule has 1 heterocycles. The molecule has 0 fully saturated rings. The Morgan fingerprint density at radius 1 is 1.05 bits per heavy atom. The number of halogens is 1. The van der Waals surface area contributed by atoms with Gasteiger partial charge in [0.1, 0.15) is 0 Å². The molecule has 0 atom stereocenters. The summed E-state index contributed by atoms with van der Waals surface area (Å²) < 4.78 is 2.05. The van der Waals surface area contributed by atoms with Gasteiger partial charge < -0.3 is 0 Å². The summed E-state index contributed by atoms with van der Waals surface area (Å²) in [6.45, 7) is 3.76. The smallest absolute Gasteiger partial charge is 0.196 e. The van der Waals surface area contributed by atoms with Crippen molar-refractivity contribution in [3.05, 3.63) is 72.3 Å². The molecule has 0 radical (unpaired) electrons. The SMILES string of the molecule is C=CCSc1nnc(-c2ccc(Cl)cc2)n1-c1ccccc1. The number of nitrogens with zero attached hydrogens (tertiary/aromatic N) is 3. The maximum absolute atomic E-state index is 5.97. The third-order valence-corrected chi connectivity index (χ3v) is 4.26. The Kier molecular flexibility index (Phi) is 4.61. The molecule has 22 heavy (non-hydrogen) atoms. The fourth-order valence-corrected chi connectivity index (χ4v) is 2.91. The van der Waals surface area contributed by atoms with Gasteiger partial charge in [-0.15, -0.1) is 16.8 Å². The van der Waals surface area contributed by atoms with Gasteiger partial charge in [-0.1, -0.05) is 47.6 Å². The van der Waals surface area contributed by atoms with Crippen molar-refractivity contribution in [3.8, 4) is 17.1 Å². The van der Waals surface area contributed by atoms with Gasteiger partial charge in [-0.05, 0) is 36.4 Å². The van der Waals surface area contributed by atoms with Gasteiger partial charge >= 0.3 is 0 Å². The number of aromatic nitrogens is 3. The molecule has 1 aromatic heterocycles. The second-order valence-corrected chi connectivity index (χ2v) is 6.01. The molecular formula is C17H14ClN3S. The van der Waals surface area contributed by atoms with Crippen LogP contribution in [0.3, 0.4) is 0 Å². The summed E-state index contributed by atoms with van der Waals surface area (Å²) >= 11 is 7.58. The highest BCUT2D eigenvalue weighted by molar-refractivity contribution is 7.99. The molecule has 0 N–H and O–H groups in total. The zero-order chi connectivity index (χ0) is 15.4. The largest absolute Gasteiger partial charge is 0.270 e. The van der Waals surface area contributed by atoms with Crippen molar-refractivity contribution in [1.29, 1.82) is 0 Å². The number of hydrogen-bond acceptors (Lipinski definition) is 3. The Hall–Kier alpha value is -2.04. The van der Waals surface area contributed by atoms with Crippen LogP contribution in [-0.2, 0) is 0 Å². The van der Waals surface area contributed by atoms with Crippen molar-refractivity contribution in [2.75, 3.05) is 5.75 Å². The highest BCUT2D eigenvalue weighted by Crippen LogP contribution is 2.28. The van der Waals surface area contributed by atoms with E-state index in [2.05, 4.69) is 21.3 Å². The zero-order valence-corrected chi connectivity index (χ0v) is 13.4. The van der Waals surface area contributed by atoms with Crippen molar-refractivity contribution in [2.24, 2.45) is 0 Å². The van der Waals surface area contributed by atoms with Crippen molar-refractivity contribution in [1.82, 2.24) is 14.8 Å². The predicted octanol–water partition coefficient (Wildman–Crippen LogP) is 4.87. The molecular weight excluding hydrogens is 314 g/mol. The molecule has 3 nitrogen and oxygen atoms in total. The lowest BCUT2D eigenvalue weighted by molar-refractivity contribution is 0.888. The van der Waals surface area contributed by atoms with E-state index in [1.165, 1.54) is 0 Å². The van der Waals surface area contributed by atoms with Crippen LogP contribution in [0.2, 0.25) is 5.02 Å². The fourth-order valence-electron chi connectivity index (χ4n) is 2.09. The van der Waals surface area contributed by atoms with Crippen LogP contribution in [-0.4, -0.2) is 20.5 Å². The van der Waals surface area contributed by atoms with E-state index in [4.69, 9.17) is 11.6 Å². The standard InChI is InChI=1S/C17H14ClN3S/c1-2-12-22-17-20-19-16(13-8-10-14(18)11-9-13)21(17)15-6-4-3-5-7-15/h2-11H,1,12H2. The van der Waals surface area contributed by atoms with Crippen LogP contribution < -0.4 is 0 Å². The van der Waals surface area contributed by atoms with Crippen LogP contribution in [0.5, 0.6) is 0 Å². The molecule has 0 spiro atoms. The average molecular weight is 328 g/mol. The first-order chi connectivity index (χ1) is 10.8. The van der Waals surface area contributed by atoms with Crippen molar-refractivity contribution >= 4 is 23.4 Å². The minimum absolute atomic E-state index is 0.704. The lowest BCUT2D eigenvalue weighted by atomic mass is 10.2. The van der Waals surface area contributed by atoms with Crippen LogP contribution in [0.1, 0.15) is 0 Å². The summed E-state index contributed by atoms with van der Waals surface area (Å²) in [5.74, 6) is 1.58. The molecule has 0 amide bonds. The first-order valence-electron chi connectivity index (χ1n) is 6.80. The minimum Gasteiger partial charge on any atom is -0.270 e. The lowest BCUT2D eigenvalue weighted by Crippen LogP contribution is -1.99. The molecule has 3 aromatic rings. The predicted molar refractivity (Wildman–Crippen MR) is 92.7 cm³/mol. The Morgan fingerprint density at radius 3 is 2.45 bits per heavy atom. The summed E-state index contributed by atoms with van der Waals surface area (Å²) in [5, 5.41) is 10.2. The van der Waals surface area contributed by atoms with Gasteiger partial charge in [-0.3, -0.25) is 4.57 Å². The molecule has 110 valence electrons. The van der Waals surface area contributed by atoms with Gasteiger partial charge in [0.05, 0.1) is 0 Å². The summed E-state index contributed by atoms with van der Waals surface area (Å²) in [6, 6.07) is 17.7. The molecule has 0 saturated heterocycles. The number of rotatable bonds is 5. The van der Waals surface area contributed by atoms with E-state index >= 15 is 0 Å². The molecule has 0 aliphatic rings. The van der Waals surface area contributed by atoms with Gasteiger partial charge in [0, 0.05) is 22.0 Å². The van der Waals surface area contributed by atoms with Crippen molar-refractivity contribution in [2.45, 2.75) is 5.16 Å². The normalized spacial score (nSPS) is 10.6. The first-order valence-corrected chi connectivity index (χ1v) is 8.16. The Morgan fingerprint density at radius 2 is 1.77 bits per heavy atom. The summed E-state index contributed by atoms with van der Waals surface area (Å²) in [4.78, 5) is 0. The quantitative estimate of drug-likeness (QED) is 0.495. The van der Waals surface area contributed by atoms with E-state index in [0.717, 1.165) is 28.0 Å². The average Bonchev–Trinajstić information content (AvgIpc) is 2.98. The number of benzene rings is 2. The van der Waals surface area contributed by atoms with E-state index < -0.39 is 0 Å². The van der Waals surface area contributed by atoms with Crippen LogP contribution in [0.4, 0.5) is 0 Å². The van der Waals surface area contributed by atoms with E-state index in [0.29, 0.717) is 5.02 Å². The van der Waals surface area contributed by atoms with E-state index in [1.807, 2.05) is 60.7 Å². The van der Waals surface area contributed by atoms with Gasteiger partial charge in [-0.2, -0.15) is 0 Å². The third-order valence-electron chi connectivity index (χ3n) is 3.08. The molecule has 2 aromatic carbocycles. The molecule has 3 rings (SSSR count). The highest BCUT2D eigenvalue weighted by Gasteiger charge is 2.15. The van der Waals surface area contributed by atoms with Crippen LogP contribution in [0.15, 0.2) is 72.4 Å². The topological polar surface area (TPSA) is 30.7 Å². The van der Waals surface area contributed by atoms with E-state index in [9.17, 15) is 0 Å². The summed E-state index contributed by atoms with van der Waals surface area (Å²) in [7, 11) is 0. The Balaban J connectivity index is 2.12. The maximum Gasteiger partial charge on any atom is 0.196 e. The van der Waals surface area contributed by atoms with Gasteiger partial charge in [0.2, 0.25) is 0 Å². The van der Waals surface area contributed by atoms with E-state index in [1.54, 1.807) is 11.8 Å². The number of para-hydroxylation sites is 1. The summed E-state index contributed by atoms with van der Waals surface area (Å²) in [5.41, 5.74) is 2.01. The molecule has 0 unspecified atom stereocenters. The second kappa shape index (κ2) is 6.81. The Labute approximate surface area is 138 Å². The molecule has 0 aliphatic heterocycles. The first kappa shape index (κ1) is 14.9. The maximum atomic E-state index is 5.97. The van der Waals surface area contributed by atoms with Crippen LogP contribution >= 0.6 is 23.4 Å². The lowest BCUT2D eigenvalue weighted by Gasteiger charge is -2.09. The zero-order valence-electron chi connectivity index (χ0n) is 11.8. The third kappa shape index (κ3) is 3.08. The second-order valence-electron chi connectivity index (χ2n) is 4.58.